The van der Waals surface area contributed by atoms with E-state index in [4.69, 9.17) is 4.99 Å². The van der Waals surface area contributed by atoms with Crippen LogP contribution in [0.25, 0.3) is 0 Å². The van der Waals surface area contributed by atoms with E-state index in [2.05, 4.69) is 20.1 Å². The minimum absolute atomic E-state index is 0.0345. The lowest BCUT2D eigenvalue weighted by molar-refractivity contribution is -0.110. The van der Waals surface area contributed by atoms with Gasteiger partial charge in [0.05, 0.1) is 16.0 Å². The molecule has 1 aliphatic carbocycles. The summed E-state index contributed by atoms with van der Waals surface area (Å²) in [6, 6.07) is 0. The second-order valence-corrected chi connectivity index (χ2v) is 5.84. The first-order valence-electron chi connectivity index (χ1n) is 5.54. The first-order chi connectivity index (χ1) is 7.47. The first-order valence-corrected chi connectivity index (χ1v) is 6.77. The second-order valence-electron chi connectivity index (χ2n) is 5.04. The molecule has 0 aromatic carbocycles. The molecule has 3 heteroatoms. The summed E-state index contributed by atoms with van der Waals surface area (Å²) in [7, 11) is 0. The van der Waals surface area contributed by atoms with E-state index < -0.39 is 0 Å². The molecular weight excluding hydrogens is 218 g/mol. The van der Waals surface area contributed by atoms with Gasteiger partial charge in [-0.2, -0.15) is 0 Å². The Morgan fingerprint density at radius 2 is 1.88 bits per heavy atom. The number of hydrogen-bond donors (Lipinski definition) is 0. The fraction of sp³-hybridized carbons (Fsp3) is 0.538. The van der Waals surface area contributed by atoms with Gasteiger partial charge in [0.25, 0.3) is 0 Å². The third kappa shape index (κ3) is 2.01. The van der Waals surface area contributed by atoms with Gasteiger partial charge >= 0.3 is 0 Å². The maximum atomic E-state index is 11.2. The van der Waals surface area contributed by atoms with Crippen molar-refractivity contribution < 1.29 is 4.79 Å². The Hall–Kier alpha value is -0.830. The molecule has 1 spiro atoms. The summed E-state index contributed by atoms with van der Waals surface area (Å²) >= 11 is 1.69. The van der Waals surface area contributed by atoms with E-state index in [0.717, 1.165) is 17.9 Å². The van der Waals surface area contributed by atoms with Crippen LogP contribution in [-0.2, 0) is 4.79 Å². The Kier molecular flexibility index (Phi) is 2.82. The summed E-state index contributed by atoms with van der Waals surface area (Å²) in [5.74, 6) is 0.0795. The minimum Gasteiger partial charge on any atom is -0.290 e. The van der Waals surface area contributed by atoms with Gasteiger partial charge in [-0.05, 0) is 45.1 Å². The van der Waals surface area contributed by atoms with Crippen LogP contribution in [0, 0.1) is 5.41 Å². The Morgan fingerprint density at radius 1 is 1.25 bits per heavy atom. The number of allylic oxidation sites excluding steroid dienone is 4. The molecule has 0 amide bonds. The molecule has 0 radical (unpaired) electrons. The van der Waals surface area contributed by atoms with Gasteiger partial charge in [0.15, 0.2) is 5.78 Å². The van der Waals surface area contributed by atoms with Gasteiger partial charge in [0, 0.05) is 0 Å². The van der Waals surface area contributed by atoms with Crippen LogP contribution in [0.3, 0.4) is 0 Å². The molecule has 0 N–H and O–H groups in total. The first kappa shape index (κ1) is 11.6. The molecule has 1 heterocycles. The predicted octanol–water partition coefficient (Wildman–Crippen LogP) is 3.00. The third-order valence-corrected chi connectivity index (χ3v) is 4.09. The third-order valence-electron chi connectivity index (χ3n) is 3.24. The highest BCUT2D eigenvalue weighted by atomic mass is 32.2. The van der Waals surface area contributed by atoms with E-state index in [0.29, 0.717) is 0 Å². The molecule has 0 aromatic rings. The molecule has 2 rings (SSSR count). The van der Waals surface area contributed by atoms with Gasteiger partial charge in [0.1, 0.15) is 0 Å². The van der Waals surface area contributed by atoms with E-state index >= 15 is 0 Å². The van der Waals surface area contributed by atoms with Crippen molar-refractivity contribution in [3.63, 3.8) is 0 Å². The van der Waals surface area contributed by atoms with Gasteiger partial charge in [-0.3, -0.25) is 9.79 Å². The van der Waals surface area contributed by atoms with Crippen molar-refractivity contribution in [1.29, 1.82) is 0 Å². The topological polar surface area (TPSA) is 29.4 Å². The Balaban J connectivity index is 2.40. The van der Waals surface area contributed by atoms with Crippen molar-refractivity contribution in [2.75, 3.05) is 6.26 Å². The van der Waals surface area contributed by atoms with Gasteiger partial charge in [-0.1, -0.05) is 12.2 Å². The van der Waals surface area contributed by atoms with Gasteiger partial charge < -0.3 is 0 Å². The number of aliphatic imine (C=N–C) groups is 1. The normalized spacial score (nSPS) is 25.9. The maximum absolute atomic E-state index is 11.2. The van der Waals surface area contributed by atoms with Crippen LogP contribution in [0.2, 0.25) is 0 Å². The molecule has 0 saturated carbocycles. The SMILES string of the molecule is CSC1=NC(C)(C)CCC12C=CC(=O)C=C2. The predicted molar refractivity (Wildman–Crippen MR) is 70.0 cm³/mol. The molecule has 1 aliphatic heterocycles. The lowest BCUT2D eigenvalue weighted by atomic mass is 9.75. The zero-order chi connectivity index (χ0) is 11.8. The van der Waals surface area contributed by atoms with Crippen molar-refractivity contribution in [3.05, 3.63) is 24.3 Å². The highest BCUT2D eigenvalue weighted by molar-refractivity contribution is 8.13. The summed E-state index contributed by atoms with van der Waals surface area (Å²) < 4.78 is 0. The molecule has 0 atom stereocenters. The smallest absolute Gasteiger partial charge is 0.178 e. The summed E-state index contributed by atoms with van der Waals surface area (Å²) in [5, 5.41) is 1.13. The van der Waals surface area contributed by atoms with Crippen LogP contribution in [-0.4, -0.2) is 22.6 Å². The molecule has 0 saturated heterocycles. The van der Waals surface area contributed by atoms with Crippen molar-refractivity contribution in [1.82, 2.24) is 0 Å². The van der Waals surface area contributed by atoms with Gasteiger partial charge in [-0.15, -0.1) is 11.8 Å². The number of rotatable bonds is 0. The van der Waals surface area contributed by atoms with E-state index in [1.165, 1.54) is 0 Å². The van der Waals surface area contributed by atoms with E-state index in [1.807, 2.05) is 12.2 Å². The summed E-state index contributed by atoms with van der Waals surface area (Å²) in [4.78, 5) is 16.0. The number of hydrogen-bond acceptors (Lipinski definition) is 3. The maximum Gasteiger partial charge on any atom is 0.178 e. The average Bonchev–Trinajstić information content (AvgIpc) is 2.25. The fourth-order valence-electron chi connectivity index (χ4n) is 2.17. The second kappa shape index (κ2) is 3.88. The van der Waals surface area contributed by atoms with Crippen LogP contribution in [0.5, 0.6) is 0 Å². The molecule has 0 aromatic heterocycles. The van der Waals surface area contributed by atoms with Crippen LogP contribution in [0.1, 0.15) is 26.7 Å². The van der Waals surface area contributed by atoms with Crippen LogP contribution in [0.15, 0.2) is 29.3 Å². The van der Waals surface area contributed by atoms with Crippen molar-refractivity contribution in [3.8, 4) is 0 Å². The van der Waals surface area contributed by atoms with Crippen LogP contribution >= 0.6 is 11.8 Å². The highest BCUT2D eigenvalue weighted by Crippen LogP contribution is 2.43. The molecule has 0 unspecified atom stereocenters. The lowest BCUT2D eigenvalue weighted by Crippen LogP contribution is -2.37. The van der Waals surface area contributed by atoms with E-state index in [1.54, 1.807) is 23.9 Å². The molecule has 2 aliphatic rings. The fourth-order valence-corrected chi connectivity index (χ4v) is 3.13. The summed E-state index contributed by atoms with van der Waals surface area (Å²) in [5.41, 5.74) is -0.0738. The molecule has 86 valence electrons. The highest BCUT2D eigenvalue weighted by Gasteiger charge is 2.39. The van der Waals surface area contributed by atoms with Crippen LogP contribution in [0.4, 0.5) is 0 Å². The molecule has 0 fully saturated rings. The zero-order valence-electron chi connectivity index (χ0n) is 9.99. The molecule has 2 nitrogen and oxygen atoms in total. The van der Waals surface area contributed by atoms with Gasteiger partial charge in [-0.25, -0.2) is 0 Å². The molecule has 0 bridgehead atoms. The number of carbonyl (C=O) groups is 1. The lowest BCUT2D eigenvalue weighted by Gasteiger charge is -2.38. The van der Waals surface area contributed by atoms with Crippen molar-refractivity contribution >= 4 is 22.6 Å². The average molecular weight is 235 g/mol. The number of ketones is 1. The van der Waals surface area contributed by atoms with E-state index in [-0.39, 0.29) is 16.7 Å². The number of nitrogens with zero attached hydrogens (tertiary/aromatic N) is 1. The standard InChI is InChI=1S/C13H17NOS/c1-12(2)8-9-13(11(14-12)16-3)6-4-10(15)5-7-13/h4-7H,8-9H2,1-3H3. The zero-order valence-corrected chi connectivity index (χ0v) is 10.8. The number of thioether (sulfide) groups is 1. The number of carbonyl (C=O) groups excluding carboxylic acids is 1. The summed E-state index contributed by atoms with van der Waals surface area (Å²) in [6.45, 7) is 4.33. The monoisotopic (exact) mass is 235 g/mol. The Morgan fingerprint density at radius 3 is 2.44 bits per heavy atom. The van der Waals surface area contributed by atoms with Crippen LogP contribution < -0.4 is 0 Å². The minimum atomic E-state index is -0.108. The van der Waals surface area contributed by atoms with E-state index in [9.17, 15) is 4.79 Å². The Bertz CT molecular complexity index is 388. The van der Waals surface area contributed by atoms with Crippen molar-refractivity contribution in [2.24, 2.45) is 10.4 Å². The molecular formula is C13H17NOS. The van der Waals surface area contributed by atoms with Crippen molar-refractivity contribution in [2.45, 2.75) is 32.2 Å². The molecule has 16 heavy (non-hydrogen) atoms. The largest absolute Gasteiger partial charge is 0.290 e. The quantitative estimate of drug-likeness (QED) is 0.646. The Labute approximate surface area is 101 Å². The van der Waals surface area contributed by atoms with Gasteiger partial charge in [0.2, 0.25) is 0 Å². The summed E-state index contributed by atoms with van der Waals surface area (Å²) in [6.07, 6.45) is 11.5.